The van der Waals surface area contributed by atoms with Gasteiger partial charge in [0.2, 0.25) is 0 Å². The minimum Gasteiger partial charge on any atom is -0.493 e. The predicted octanol–water partition coefficient (Wildman–Crippen LogP) is 4.60. The molecule has 0 spiro atoms. The molecule has 0 aliphatic carbocycles. The molecule has 1 N–H and O–H groups in total. The van der Waals surface area contributed by atoms with Crippen LogP contribution in [0.15, 0.2) is 36.4 Å². The van der Waals surface area contributed by atoms with Crippen LogP contribution in [0.25, 0.3) is 0 Å². The molecular formula is C20H22F2O4. The van der Waals surface area contributed by atoms with Crippen molar-refractivity contribution in [2.45, 2.75) is 33.3 Å². The summed E-state index contributed by atoms with van der Waals surface area (Å²) in [7, 11) is 0. The lowest BCUT2D eigenvalue weighted by Crippen LogP contribution is -2.05. The number of benzene rings is 2. The summed E-state index contributed by atoms with van der Waals surface area (Å²) in [6.07, 6.45) is -0.138. The molecule has 0 atom stereocenters. The molecule has 0 aliphatic rings. The van der Waals surface area contributed by atoms with E-state index in [0.717, 1.165) is 17.7 Å². The summed E-state index contributed by atoms with van der Waals surface area (Å²) < 4.78 is 39.1. The lowest BCUT2D eigenvalue weighted by Gasteiger charge is -2.12. The van der Waals surface area contributed by atoms with Gasteiger partial charge in [0.15, 0.2) is 17.4 Å². The molecule has 0 heterocycles. The second-order valence-electron chi connectivity index (χ2n) is 6.42. The summed E-state index contributed by atoms with van der Waals surface area (Å²) in [5.74, 6) is -2.14. The molecule has 0 saturated heterocycles. The highest BCUT2D eigenvalue weighted by Crippen LogP contribution is 2.25. The summed E-state index contributed by atoms with van der Waals surface area (Å²) in [6.45, 7) is 4.64. The smallest absolute Gasteiger partial charge is 0.303 e. The van der Waals surface area contributed by atoms with E-state index in [1.807, 2.05) is 19.9 Å². The van der Waals surface area contributed by atoms with Crippen LogP contribution in [0, 0.1) is 17.6 Å². The van der Waals surface area contributed by atoms with Gasteiger partial charge in [-0.1, -0.05) is 26.0 Å². The predicted molar refractivity (Wildman–Crippen MR) is 93.4 cm³/mol. The molecule has 2 aromatic carbocycles. The highest BCUT2D eigenvalue weighted by molar-refractivity contribution is 5.67. The number of aliphatic carboxylic acids is 1. The van der Waals surface area contributed by atoms with Crippen LogP contribution in [0.4, 0.5) is 8.78 Å². The van der Waals surface area contributed by atoms with E-state index in [2.05, 4.69) is 0 Å². The maximum Gasteiger partial charge on any atom is 0.303 e. The van der Waals surface area contributed by atoms with Gasteiger partial charge in [0, 0.05) is 6.42 Å². The Kier molecular flexibility index (Phi) is 6.95. The van der Waals surface area contributed by atoms with E-state index in [4.69, 9.17) is 14.6 Å². The van der Waals surface area contributed by atoms with Crippen LogP contribution in [0.2, 0.25) is 0 Å². The van der Waals surface area contributed by atoms with Gasteiger partial charge in [0.1, 0.15) is 12.4 Å². The van der Waals surface area contributed by atoms with Gasteiger partial charge in [-0.2, -0.15) is 0 Å². The molecule has 0 saturated carbocycles. The lowest BCUT2D eigenvalue weighted by atomic mass is 10.1. The van der Waals surface area contributed by atoms with Gasteiger partial charge in [0.25, 0.3) is 0 Å². The first-order valence-corrected chi connectivity index (χ1v) is 8.39. The molecule has 140 valence electrons. The zero-order valence-corrected chi connectivity index (χ0v) is 14.8. The third-order valence-electron chi connectivity index (χ3n) is 3.55. The van der Waals surface area contributed by atoms with E-state index >= 15 is 0 Å². The maximum atomic E-state index is 14.1. The minimum atomic E-state index is -1.02. The molecule has 0 aromatic heterocycles. The van der Waals surface area contributed by atoms with Crippen molar-refractivity contribution >= 4 is 5.97 Å². The topological polar surface area (TPSA) is 55.8 Å². The highest BCUT2D eigenvalue weighted by Gasteiger charge is 2.14. The van der Waals surface area contributed by atoms with E-state index in [9.17, 15) is 13.6 Å². The Bertz CT molecular complexity index is 736. The lowest BCUT2D eigenvalue weighted by molar-refractivity contribution is -0.136. The molecule has 2 aromatic rings. The second kappa shape index (κ2) is 9.17. The Morgan fingerprint density at radius 1 is 1.08 bits per heavy atom. The molecule has 0 radical (unpaired) electrons. The maximum absolute atomic E-state index is 14.1. The third-order valence-corrected chi connectivity index (χ3v) is 3.55. The van der Waals surface area contributed by atoms with Crippen molar-refractivity contribution in [1.82, 2.24) is 0 Å². The summed E-state index contributed by atoms with van der Waals surface area (Å²) in [6, 6.07) is 9.34. The Morgan fingerprint density at radius 3 is 2.38 bits per heavy atom. The van der Waals surface area contributed by atoms with E-state index in [-0.39, 0.29) is 25.0 Å². The average molecular weight is 364 g/mol. The molecule has 0 unspecified atom stereocenters. The molecule has 6 heteroatoms. The van der Waals surface area contributed by atoms with Gasteiger partial charge in [-0.05, 0) is 47.7 Å². The monoisotopic (exact) mass is 364 g/mol. The van der Waals surface area contributed by atoms with Crippen molar-refractivity contribution in [2.75, 3.05) is 6.61 Å². The fourth-order valence-corrected chi connectivity index (χ4v) is 2.29. The van der Waals surface area contributed by atoms with Crippen LogP contribution in [-0.4, -0.2) is 17.7 Å². The molecule has 0 bridgehead atoms. The number of aryl methyl sites for hydroxylation is 1. The van der Waals surface area contributed by atoms with Gasteiger partial charge in [0.05, 0.1) is 6.61 Å². The first-order chi connectivity index (χ1) is 12.3. The zero-order chi connectivity index (χ0) is 19.1. The fourth-order valence-electron chi connectivity index (χ4n) is 2.29. The van der Waals surface area contributed by atoms with E-state index in [1.165, 1.54) is 0 Å². The summed E-state index contributed by atoms with van der Waals surface area (Å²) >= 11 is 0. The van der Waals surface area contributed by atoms with Crippen LogP contribution in [0.1, 0.15) is 31.4 Å². The molecule has 26 heavy (non-hydrogen) atoms. The van der Waals surface area contributed by atoms with Crippen molar-refractivity contribution in [1.29, 1.82) is 0 Å². The number of rotatable bonds is 9. The summed E-state index contributed by atoms with van der Waals surface area (Å²) in [5.41, 5.74) is 0.999. The first kappa shape index (κ1) is 19.7. The summed E-state index contributed by atoms with van der Waals surface area (Å²) in [4.78, 5) is 10.6. The van der Waals surface area contributed by atoms with Crippen LogP contribution in [0.3, 0.4) is 0 Å². The quantitative estimate of drug-likeness (QED) is 0.707. The summed E-state index contributed by atoms with van der Waals surface area (Å²) in [5, 5.41) is 8.65. The number of carbonyl (C=O) groups is 1. The van der Waals surface area contributed by atoms with Crippen molar-refractivity contribution < 1.29 is 28.2 Å². The number of halogens is 2. The normalized spacial score (nSPS) is 10.8. The van der Waals surface area contributed by atoms with Gasteiger partial charge < -0.3 is 14.6 Å². The number of hydrogen-bond donors (Lipinski definition) is 1. The Labute approximate surface area is 151 Å². The van der Waals surface area contributed by atoms with Crippen LogP contribution in [-0.2, 0) is 17.8 Å². The molecule has 0 fully saturated rings. The number of hydrogen-bond acceptors (Lipinski definition) is 3. The fraction of sp³-hybridized carbons (Fsp3) is 0.350. The van der Waals surface area contributed by atoms with E-state index in [0.29, 0.717) is 18.3 Å². The molecule has 2 rings (SSSR count). The Hall–Kier alpha value is -2.63. The van der Waals surface area contributed by atoms with Crippen LogP contribution < -0.4 is 9.47 Å². The minimum absolute atomic E-state index is 0.0127. The molecule has 0 amide bonds. The Balaban J connectivity index is 2.03. The van der Waals surface area contributed by atoms with Gasteiger partial charge in [-0.15, -0.1) is 0 Å². The van der Waals surface area contributed by atoms with Crippen molar-refractivity contribution in [3.63, 3.8) is 0 Å². The molecule has 0 aliphatic heterocycles. The average Bonchev–Trinajstić information content (AvgIpc) is 2.58. The number of carboxylic acid groups (broad SMARTS) is 1. The SMILES string of the molecule is CC(C)COc1cccc(COc2c(F)cc(CCC(=O)O)cc2F)c1. The largest absolute Gasteiger partial charge is 0.493 e. The number of carboxylic acids is 1. The number of ether oxygens (including phenoxy) is 2. The van der Waals surface area contributed by atoms with Crippen LogP contribution >= 0.6 is 0 Å². The van der Waals surface area contributed by atoms with Crippen molar-refractivity contribution in [3.8, 4) is 11.5 Å². The molecule has 4 nitrogen and oxygen atoms in total. The second-order valence-corrected chi connectivity index (χ2v) is 6.42. The standard InChI is InChI=1S/C20H22F2O4/c1-13(2)11-25-16-5-3-4-15(8-16)12-26-20-17(21)9-14(10-18(20)22)6-7-19(23)24/h3-5,8-10,13H,6-7,11-12H2,1-2H3,(H,23,24). The third kappa shape index (κ3) is 6.02. The molecular weight excluding hydrogens is 342 g/mol. The zero-order valence-electron chi connectivity index (χ0n) is 14.8. The Morgan fingerprint density at radius 2 is 1.77 bits per heavy atom. The first-order valence-electron chi connectivity index (χ1n) is 8.39. The van der Waals surface area contributed by atoms with E-state index in [1.54, 1.807) is 18.2 Å². The van der Waals surface area contributed by atoms with Gasteiger partial charge in [-0.3, -0.25) is 4.79 Å². The van der Waals surface area contributed by atoms with E-state index < -0.39 is 23.4 Å². The van der Waals surface area contributed by atoms with Gasteiger partial charge >= 0.3 is 5.97 Å². The van der Waals surface area contributed by atoms with Crippen molar-refractivity contribution in [2.24, 2.45) is 5.92 Å². The van der Waals surface area contributed by atoms with Crippen LogP contribution in [0.5, 0.6) is 11.5 Å². The van der Waals surface area contributed by atoms with Crippen molar-refractivity contribution in [3.05, 3.63) is 59.2 Å². The van der Waals surface area contributed by atoms with Gasteiger partial charge in [-0.25, -0.2) is 8.78 Å². The highest BCUT2D eigenvalue weighted by atomic mass is 19.1.